The summed E-state index contributed by atoms with van der Waals surface area (Å²) in [7, 11) is -3.44. The maximum atomic E-state index is 13.0. The van der Waals surface area contributed by atoms with Crippen molar-refractivity contribution in [2.24, 2.45) is 0 Å². The fourth-order valence-electron chi connectivity index (χ4n) is 3.81. The van der Waals surface area contributed by atoms with E-state index in [4.69, 9.17) is 4.98 Å². The third kappa shape index (κ3) is 4.08. The summed E-state index contributed by atoms with van der Waals surface area (Å²) in [5.74, 6) is 0.388. The Bertz CT molecular complexity index is 1100. The van der Waals surface area contributed by atoms with Crippen LogP contribution in [0.4, 0.5) is 0 Å². The number of aryl methyl sites for hydroxylation is 1. The molecule has 7 heteroatoms. The number of hydrogen-bond donors (Lipinski definition) is 0. The number of hydrogen-bond acceptors (Lipinski definition) is 4. The average Bonchev–Trinajstić information content (AvgIpc) is 3.12. The highest BCUT2D eigenvalue weighted by Gasteiger charge is 2.28. The van der Waals surface area contributed by atoms with Gasteiger partial charge in [0.1, 0.15) is 5.65 Å². The maximum absolute atomic E-state index is 13.0. The molecule has 0 bridgehead atoms. The van der Waals surface area contributed by atoms with E-state index in [0.717, 1.165) is 29.0 Å². The van der Waals surface area contributed by atoms with Crippen molar-refractivity contribution in [2.45, 2.75) is 38.1 Å². The molecular weight excluding hydrogens is 384 g/mol. The molecule has 29 heavy (non-hydrogen) atoms. The molecule has 0 aliphatic carbocycles. The van der Waals surface area contributed by atoms with E-state index in [2.05, 4.69) is 37.9 Å². The lowest BCUT2D eigenvalue weighted by Crippen LogP contribution is -2.48. The van der Waals surface area contributed by atoms with Gasteiger partial charge in [0, 0.05) is 45.1 Å². The summed E-state index contributed by atoms with van der Waals surface area (Å²) in [5.41, 5.74) is 4.29. The van der Waals surface area contributed by atoms with E-state index in [-0.39, 0.29) is 0 Å². The van der Waals surface area contributed by atoms with Crippen LogP contribution in [0.25, 0.3) is 5.65 Å². The van der Waals surface area contributed by atoms with Crippen molar-refractivity contribution >= 4 is 15.7 Å². The second-order valence-corrected chi connectivity index (χ2v) is 10.00. The summed E-state index contributed by atoms with van der Waals surface area (Å²) in [6.45, 7) is 9.41. The van der Waals surface area contributed by atoms with Gasteiger partial charge in [-0.3, -0.25) is 4.90 Å². The number of piperazine rings is 1. The Kier molecular flexibility index (Phi) is 5.46. The molecule has 1 aliphatic heterocycles. The first-order chi connectivity index (χ1) is 13.8. The molecule has 3 heterocycles. The zero-order chi connectivity index (χ0) is 20.6. The third-order valence-electron chi connectivity index (χ3n) is 5.63. The summed E-state index contributed by atoms with van der Waals surface area (Å²) in [5, 5.41) is 0. The molecule has 0 saturated carbocycles. The molecule has 0 atom stereocenters. The largest absolute Gasteiger partial charge is 0.307 e. The number of imidazole rings is 1. The van der Waals surface area contributed by atoms with Crippen LogP contribution in [0.3, 0.4) is 0 Å². The van der Waals surface area contributed by atoms with Crippen LogP contribution in [0, 0.1) is 6.92 Å². The molecule has 4 rings (SSSR count). The van der Waals surface area contributed by atoms with Gasteiger partial charge in [-0.15, -0.1) is 0 Å². The van der Waals surface area contributed by atoms with Gasteiger partial charge in [-0.2, -0.15) is 4.31 Å². The quantitative estimate of drug-likeness (QED) is 0.645. The van der Waals surface area contributed by atoms with Crippen LogP contribution in [0.15, 0.2) is 53.7 Å². The fraction of sp³-hybridized carbons (Fsp3) is 0.409. The predicted octanol–water partition coefficient (Wildman–Crippen LogP) is 3.27. The molecule has 0 spiro atoms. The molecule has 1 aliphatic rings. The van der Waals surface area contributed by atoms with Gasteiger partial charge < -0.3 is 4.40 Å². The van der Waals surface area contributed by atoms with Gasteiger partial charge in [0.15, 0.2) is 0 Å². The van der Waals surface area contributed by atoms with Crippen molar-refractivity contribution in [3.8, 4) is 0 Å². The minimum atomic E-state index is -3.44. The highest BCUT2D eigenvalue weighted by atomic mass is 32.2. The molecule has 1 fully saturated rings. The van der Waals surface area contributed by atoms with Gasteiger partial charge in [-0.1, -0.05) is 32.0 Å². The molecule has 1 saturated heterocycles. The van der Waals surface area contributed by atoms with Crippen LogP contribution in [0.1, 0.15) is 36.6 Å². The zero-order valence-electron chi connectivity index (χ0n) is 17.2. The van der Waals surface area contributed by atoms with Crippen molar-refractivity contribution < 1.29 is 8.42 Å². The molecule has 6 nitrogen and oxygen atoms in total. The van der Waals surface area contributed by atoms with Crippen LogP contribution < -0.4 is 0 Å². The van der Waals surface area contributed by atoms with Gasteiger partial charge in [-0.25, -0.2) is 13.4 Å². The predicted molar refractivity (Wildman–Crippen MR) is 114 cm³/mol. The normalized spacial score (nSPS) is 16.7. The van der Waals surface area contributed by atoms with Crippen LogP contribution in [-0.4, -0.2) is 53.2 Å². The van der Waals surface area contributed by atoms with Gasteiger partial charge in [0.2, 0.25) is 10.0 Å². The number of rotatable bonds is 5. The SMILES string of the molecule is Cc1cccn2cc(CN3CCN(S(=O)(=O)c4ccc(C(C)C)cc4)CC3)nc12. The van der Waals surface area contributed by atoms with Crippen LogP contribution >= 0.6 is 0 Å². The number of pyridine rings is 1. The summed E-state index contributed by atoms with van der Waals surface area (Å²) in [6.07, 6.45) is 4.07. The van der Waals surface area contributed by atoms with Gasteiger partial charge in [-0.05, 0) is 42.2 Å². The van der Waals surface area contributed by atoms with Gasteiger partial charge >= 0.3 is 0 Å². The second kappa shape index (κ2) is 7.89. The van der Waals surface area contributed by atoms with E-state index < -0.39 is 10.0 Å². The van der Waals surface area contributed by atoms with Gasteiger partial charge in [0.05, 0.1) is 10.6 Å². The molecule has 0 amide bonds. The summed E-state index contributed by atoms with van der Waals surface area (Å²) >= 11 is 0. The van der Waals surface area contributed by atoms with Crippen LogP contribution in [0.2, 0.25) is 0 Å². The lowest BCUT2D eigenvalue weighted by Gasteiger charge is -2.33. The Morgan fingerprint density at radius 3 is 2.34 bits per heavy atom. The van der Waals surface area contributed by atoms with Crippen LogP contribution in [0.5, 0.6) is 0 Å². The Morgan fingerprint density at radius 1 is 1.03 bits per heavy atom. The molecule has 0 radical (unpaired) electrons. The Balaban J connectivity index is 1.41. The Labute approximate surface area is 172 Å². The molecule has 0 unspecified atom stereocenters. The molecule has 1 aromatic carbocycles. The smallest absolute Gasteiger partial charge is 0.243 e. The van der Waals surface area contributed by atoms with E-state index in [1.165, 1.54) is 0 Å². The fourth-order valence-corrected chi connectivity index (χ4v) is 5.23. The minimum absolute atomic E-state index is 0.381. The van der Waals surface area contributed by atoms with Crippen molar-refractivity contribution in [1.82, 2.24) is 18.6 Å². The van der Waals surface area contributed by atoms with E-state index in [1.54, 1.807) is 16.4 Å². The van der Waals surface area contributed by atoms with E-state index in [1.807, 2.05) is 28.8 Å². The van der Waals surface area contributed by atoms with Crippen molar-refractivity contribution in [3.05, 3.63) is 65.6 Å². The van der Waals surface area contributed by atoms with Gasteiger partial charge in [0.25, 0.3) is 0 Å². The highest BCUT2D eigenvalue weighted by Crippen LogP contribution is 2.22. The molecule has 2 aromatic heterocycles. The Morgan fingerprint density at radius 2 is 1.72 bits per heavy atom. The molecule has 154 valence electrons. The van der Waals surface area contributed by atoms with Crippen molar-refractivity contribution in [2.75, 3.05) is 26.2 Å². The van der Waals surface area contributed by atoms with E-state index in [9.17, 15) is 8.42 Å². The Hall–Kier alpha value is -2.22. The molecule has 3 aromatic rings. The number of benzene rings is 1. The van der Waals surface area contributed by atoms with Crippen molar-refractivity contribution in [1.29, 1.82) is 0 Å². The molecular formula is C22H28N4O2S. The number of aromatic nitrogens is 2. The van der Waals surface area contributed by atoms with E-state index in [0.29, 0.717) is 37.0 Å². The number of nitrogens with zero attached hydrogens (tertiary/aromatic N) is 4. The minimum Gasteiger partial charge on any atom is -0.307 e. The first-order valence-corrected chi connectivity index (χ1v) is 11.5. The standard InChI is InChI=1S/C22H28N4O2S/c1-17(2)19-6-8-21(9-7-19)29(27,28)26-13-11-24(12-14-26)15-20-16-25-10-4-5-18(3)22(25)23-20/h4-10,16-17H,11-15H2,1-3H3. The van der Waals surface area contributed by atoms with Crippen molar-refractivity contribution in [3.63, 3.8) is 0 Å². The summed E-state index contributed by atoms with van der Waals surface area (Å²) in [6, 6.07) is 11.4. The third-order valence-corrected chi connectivity index (χ3v) is 7.54. The molecule has 0 N–H and O–H groups in total. The highest BCUT2D eigenvalue weighted by molar-refractivity contribution is 7.89. The summed E-state index contributed by atoms with van der Waals surface area (Å²) < 4.78 is 29.6. The topological polar surface area (TPSA) is 57.9 Å². The number of sulfonamides is 1. The maximum Gasteiger partial charge on any atom is 0.243 e. The average molecular weight is 413 g/mol. The second-order valence-electron chi connectivity index (χ2n) is 8.06. The first-order valence-electron chi connectivity index (χ1n) is 10.1. The van der Waals surface area contributed by atoms with Crippen LogP contribution in [-0.2, 0) is 16.6 Å². The zero-order valence-corrected chi connectivity index (χ0v) is 18.1. The number of fused-ring (bicyclic) bond motifs is 1. The summed E-state index contributed by atoms with van der Waals surface area (Å²) in [4.78, 5) is 7.38. The lowest BCUT2D eigenvalue weighted by molar-refractivity contribution is 0.180. The monoisotopic (exact) mass is 412 g/mol. The first kappa shape index (κ1) is 20.1. The lowest BCUT2D eigenvalue weighted by atomic mass is 10.0. The van der Waals surface area contributed by atoms with E-state index >= 15 is 0 Å².